The number of phenols is 2. The van der Waals surface area contributed by atoms with Crippen LogP contribution in [0.25, 0.3) is 0 Å². The van der Waals surface area contributed by atoms with Gasteiger partial charge < -0.3 is 25.4 Å². The molecule has 0 spiro atoms. The summed E-state index contributed by atoms with van der Waals surface area (Å²) in [7, 11) is -3.54. The Kier molecular flexibility index (Phi) is 7.06. The van der Waals surface area contributed by atoms with Crippen molar-refractivity contribution in [3.63, 3.8) is 0 Å². The smallest absolute Gasteiger partial charge is 0.229 e. The molecule has 164 valence electrons. The van der Waals surface area contributed by atoms with E-state index in [-0.39, 0.29) is 29.7 Å². The Hall–Kier alpha value is -2.49. The first-order chi connectivity index (χ1) is 14.2. The van der Waals surface area contributed by atoms with Gasteiger partial charge in [-0.3, -0.25) is 4.72 Å². The minimum absolute atomic E-state index is 0.0120. The van der Waals surface area contributed by atoms with Crippen LogP contribution in [0.5, 0.6) is 17.2 Å². The summed E-state index contributed by atoms with van der Waals surface area (Å²) in [5.41, 5.74) is 2.44. The van der Waals surface area contributed by atoms with Crippen LogP contribution in [0.2, 0.25) is 0 Å². The monoisotopic (exact) mass is 436 g/mol. The highest BCUT2D eigenvalue weighted by Crippen LogP contribution is 2.33. The van der Waals surface area contributed by atoms with Crippen LogP contribution in [0.15, 0.2) is 36.4 Å². The Morgan fingerprint density at radius 1 is 1.20 bits per heavy atom. The molecule has 2 aromatic carbocycles. The van der Waals surface area contributed by atoms with Crippen LogP contribution in [-0.2, 0) is 16.4 Å². The second kappa shape index (κ2) is 9.55. The van der Waals surface area contributed by atoms with E-state index in [0.29, 0.717) is 18.8 Å². The second-order valence-corrected chi connectivity index (χ2v) is 9.40. The zero-order valence-electron chi connectivity index (χ0n) is 16.8. The Morgan fingerprint density at radius 2 is 2.00 bits per heavy atom. The minimum atomic E-state index is -3.54. The molecule has 0 aromatic heterocycles. The fraction of sp³-hybridized carbons (Fsp3) is 0.429. The lowest BCUT2D eigenvalue weighted by Gasteiger charge is -2.26. The van der Waals surface area contributed by atoms with Crippen LogP contribution in [-0.4, -0.2) is 55.8 Å². The van der Waals surface area contributed by atoms with E-state index in [0.717, 1.165) is 31.1 Å². The molecule has 2 atom stereocenters. The van der Waals surface area contributed by atoms with E-state index in [2.05, 4.69) is 10.0 Å². The number of rotatable bonds is 9. The molecule has 1 unspecified atom stereocenters. The second-order valence-electron chi connectivity index (χ2n) is 7.65. The van der Waals surface area contributed by atoms with Gasteiger partial charge in [-0.15, -0.1) is 0 Å². The molecule has 0 bridgehead atoms. The molecule has 3 rings (SSSR count). The molecule has 0 aliphatic heterocycles. The van der Waals surface area contributed by atoms with E-state index in [1.807, 2.05) is 12.1 Å². The highest BCUT2D eigenvalue weighted by Gasteiger charge is 2.20. The molecule has 1 aliphatic carbocycles. The van der Waals surface area contributed by atoms with Crippen molar-refractivity contribution in [3.05, 3.63) is 47.5 Å². The molecule has 30 heavy (non-hydrogen) atoms. The maximum atomic E-state index is 11.3. The SMILES string of the molecule is CS(=O)(=O)Nc1cc(OC[C@H](O)CNCC2CCCc3ccc(O)cc32)ccc1O. The summed E-state index contributed by atoms with van der Waals surface area (Å²) in [4.78, 5) is 0. The van der Waals surface area contributed by atoms with Crippen molar-refractivity contribution in [1.29, 1.82) is 0 Å². The predicted molar refractivity (Wildman–Crippen MR) is 115 cm³/mol. The van der Waals surface area contributed by atoms with Gasteiger partial charge in [-0.05, 0) is 60.6 Å². The first kappa shape index (κ1) is 22.2. The number of aryl methyl sites for hydroxylation is 1. The van der Waals surface area contributed by atoms with Crippen molar-refractivity contribution in [2.45, 2.75) is 31.3 Å². The van der Waals surface area contributed by atoms with Crippen LogP contribution < -0.4 is 14.8 Å². The number of hydrogen-bond donors (Lipinski definition) is 5. The van der Waals surface area contributed by atoms with Crippen molar-refractivity contribution in [2.75, 3.05) is 30.7 Å². The zero-order valence-corrected chi connectivity index (χ0v) is 17.7. The molecule has 9 heteroatoms. The van der Waals surface area contributed by atoms with Crippen molar-refractivity contribution in [3.8, 4) is 17.2 Å². The minimum Gasteiger partial charge on any atom is -0.508 e. The third-order valence-electron chi connectivity index (χ3n) is 5.04. The molecule has 5 N–H and O–H groups in total. The topological polar surface area (TPSA) is 128 Å². The molecular weight excluding hydrogens is 408 g/mol. The van der Waals surface area contributed by atoms with E-state index in [1.165, 1.54) is 23.8 Å². The van der Waals surface area contributed by atoms with Crippen molar-refractivity contribution in [2.24, 2.45) is 0 Å². The maximum Gasteiger partial charge on any atom is 0.229 e. The molecular formula is C21H28N2O6S. The summed E-state index contributed by atoms with van der Waals surface area (Å²) in [5, 5.41) is 33.0. The van der Waals surface area contributed by atoms with E-state index in [4.69, 9.17) is 4.74 Å². The molecule has 0 radical (unpaired) electrons. The molecule has 0 saturated heterocycles. The number of phenolic OH excluding ortho intramolecular Hbond substituents is 2. The largest absolute Gasteiger partial charge is 0.508 e. The molecule has 1 aliphatic rings. The van der Waals surface area contributed by atoms with Gasteiger partial charge in [0.2, 0.25) is 10.0 Å². The van der Waals surface area contributed by atoms with Crippen LogP contribution in [0.1, 0.15) is 29.9 Å². The summed E-state index contributed by atoms with van der Waals surface area (Å²) in [6, 6.07) is 9.70. The summed E-state index contributed by atoms with van der Waals surface area (Å²) < 4.78 is 30.4. The van der Waals surface area contributed by atoms with Crippen molar-refractivity contribution < 1.29 is 28.5 Å². The molecule has 0 saturated carbocycles. The van der Waals surface area contributed by atoms with E-state index in [1.54, 1.807) is 6.07 Å². The van der Waals surface area contributed by atoms with Gasteiger partial charge in [0.1, 0.15) is 30.0 Å². The number of benzene rings is 2. The highest BCUT2D eigenvalue weighted by atomic mass is 32.2. The number of ether oxygens (including phenoxy) is 1. The van der Waals surface area contributed by atoms with Gasteiger partial charge in [-0.2, -0.15) is 0 Å². The average molecular weight is 437 g/mol. The third kappa shape index (κ3) is 6.25. The lowest BCUT2D eigenvalue weighted by molar-refractivity contribution is 0.106. The summed E-state index contributed by atoms with van der Waals surface area (Å²) in [5.74, 6) is 0.673. The number of aliphatic hydroxyl groups is 1. The third-order valence-corrected chi connectivity index (χ3v) is 5.64. The number of nitrogens with one attached hydrogen (secondary N) is 2. The van der Waals surface area contributed by atoms with E-state index in [9.17, 15) is 23.7 Å². The van der Waals surface area contributed by atoms with E-state index < -0.39 is 16.1 Å². The molecule has 0 heterocycles. The summed E-state index contributed by atoms with van der Waals surface area (Å²) >= 11 is 0. The van der Waals surface area contributed by atoms with Gasteiger partial charge in [0.15, 0.2) is 0 Å². The van der Waals surface area contributed by atoms with Gasteiger partial charge in [-0.25, -0.2) is 8.42 Å². The van der Waals surface area contributed by atoms with Gasteiger partial charge in [0, 0.05) is 19.2 Å². The Morgan fingerprint density at radius 3 is 2.77 bits per heavy atom. The number of fused-ring (bicyclic) bond motifs is 1. The van der Waals surface area contributed by atoms with Gasteiger partial charge in [-0.1, -0.05) is 6.07 Å². The zero-order chi connectivity index (χ0) is 21.7. The Labute approximate surface area is 176 Å². The van der Waals surface area contributed by atoms with Crippen LogP contribution in [0, 0.1) is 0 Å². The lowest BCUT2D eigenvalue weighted by atomic mass is 9.82. The quantitative estimate of drug-likeness (QED) is 0.380. The molecule has 0 amide bonds. The standard InChI is InChI=1S/C21H28N2O6S/c1-30(27,28)23-20-10-18(7-8-21(20)26)29-13-17(25)12-22-11-15-4-2-3-14-5-6-16(24)9-19(14)15/h5-10,15,17,22-26H,2-4,11-13H2,1H3/t15?,17-/m1/s1. The molecule has 8 nitrogen and oxygen atoms in total. The molecule has 0 fully saturated rings. The number of anilines is 1. The number of aliphatic hydroxyl groups excluding tert-OH is 1. The maximum absolute atomic E-state index is 11.3. The van der Waals surface area contributed by atoms with Crippen molar-refractivity contribution >= 4 is 15.7 Å². The van der Waals surface area contributed by atoms with Crippen LogP contribution in [0.3, 0.4) is 0 Å². The first-order valence-corrected chi connectivity index (χ1v) is 11.7. The average Bonchev–Trinajstić information content (AvgIpc) is 2.68. The van der Waals surface area contributed by atoms with E-state index >= 15 is 0 Å². The first-order valence-electron chi connectivity index (χ1n) is 9.85. The number of aromatic hydroxyl groups is 2. The van der Waals surface area contributed by atoms with Crippen LogP contribution >= 0.6 is 0 Å². The van der Waals surface area contributed by atoms with Gasteiger partial charge in [0.05, 0.1) is 11.9 Å². The Balaban J connectivity index is 1.48. The van der Waals surface area contributed by atoms with Gasteiger partial charge in [0.25, 0.3) is 0 Å². The number of sulfonamides is 1. The highest BCUT2D eigenvalue weighted by molar-refractivity contribution is 7.92. The summed E-state index contributed by atoms with van der Waals surface area (Å²) in [6.07, 6.45) is 3.37. The lowest BCUT2D eigenvalue weighted by Crippen LogP contribution is -2.34. The normalized spacial score (nSPS) is 17.2. The molecule has 2 aromatic rings. The van der Waals surface area contributed by atoms with Crippen molar-refractivity contribution in [1.82, 2.24) is 5.32 Å². The van der Waals surface area contributed by atoms with Gasteiger partial charge >= 0.3 is 0 Å². The van der Waals surface area contributed by atoms with Crippen LogP contribution in [0.4, 0.5) is 5.69 Å². The Bertz CT molecular complexity index is 979. The fourth-order valence-electron chi connectivity index (χ4n) is 3.66. The number of hydrogen-bond acceptors (Lipinski definition) is 7. The predicted octanol–water partition coefficient (Wildman–Crippen LogP) is 1.92. The fourth-order valence-corrected chi connectivity index (χ4v) is 4.22. The summed E-state index contributed by atoms with van der Waals surface area (Å²) in [6.45, 7) is 1.03.